The van der Waals surface area contributed by atoms with Gasteiger partial charge in [0, 0.05) is 0 Å². The van der Waals surface area contributed by atoms with Crippen LogP contribution < -0.4 is 4.74 Å². The summed E-state index contributed by atoms with van der Waals surface area (Å²) in [6.07, 6.45) is 1.03. The van der Waals surface area contributed by atoms with Crippen LogP contribution in [0.15, 0.2) is 18.3 Å². The second kappa shape index (κ2) is 4.79. The summed E-state index contributed by atoms with van der Waals surface area (Å²) < 4.78 is 5.17. The first kappa shape index (κ1) is 9.95. The quantitative estimate of drug-likeness (QED) is 0.706. The molecule has 1 rings (SSSR count). The molecule has 0 aliphatic heterocycles. The molecule has 1 atom stereocenters. The molecule has 2 N–H and O–H groups in total. The van der Waals surface area contributed by atoms with Crippen molar-refractivity contribution in [1.29, 1.82) is 0 Å². The van der Waals surface area contributed by atoms with Crippen molar-refractivity contribution < 1.29 is 14.9 Å². The van der Waals surface area contributed by atoms with E-state index in [-0.39, 0.29) is 13.2 Å². The zero-order valence-electron chi connectivity index (χ0n) is 7.47. The van der Waals surface area contributed by atoms with Crippen molar-refractivity contribution in [3.63, 3.8) is 0 Å². The number of aromatic nitrogens is 1. The minimum atomic E-state index is -0.488. The Hall–Kier alpha value is -1.13. The third-order valence-electron chi connectivity index (χ3n) is 1.45. The molecule has 0 aromatic carbocycles. The number of aliphatic hydroxyl groups excluding tert-OH is 2. The molecule has 0 saturated carbocycles. The number of hydrogen-bond donors (Lipinski definition) is 2. The molecule has 1 aromatic rings. The maximum Gasteiger partial charge on any atom is 0.137 e. The second-order valence-corrected chi connectivity index (χ2v) is 2.80. The average molecular weight is 183 g/mol. The van der Waals surface area contributed by atoms with Crippen LogP contribution in [0.3, 0.4) is 0 Å². The lowest BCUT2D eigenvalue weighted by atomic mass is 10.3. The number of rotatable bonds is 4. The van der Waals surface area contributed by atoms with Crippen molar-refractivity contribution >= 4 is 0 Å². The summed E-state index contributed by atoms with van der Waals surface area (Å²) in [6.45, 7) is 1.83. The molecule has 0 fully saturated rings. The molecule has 1 heterocycles. The average Bonchev–Trinajstić information content (AvgIpc) is 2.15. The molecule has 72 valence electrons. The van der Waals surface area contributed by atoms with Crippen molar-refractivity contribution in [2.45, 2.75) is 19.6 Å². The molecule has 0 radical (unpaired) electrons. The largest absolute Gasteiger partial charge is 0.489 e. The summed E-state index contributed by atoms with van der Waals surface area (Å²) in [5.74, 6) is 0.595. The van der Waals surface area contributed by atoms with Gasteiger partial charge >= 0.3 is 0 Å². The van der Waals surface area contributed by atoms with Gasteiger partial charge in [-0.1, -0.05) is 0 Å². The summed E-state index contributed by atoms with van der Waals surface area (Å²) in [6, 6.07) is 3.39. The Morgan fingerprint density at radius 1 is 1.54 bits per heavy atom. The third-order valence-corrected chi connectivity index (χ3v) is 1.45. The second-order valence-electron chi connectivity index (χ2n) is 2.80. The lowest BCUT2D eigenvalue weighted by Crippen LogP contribution is -2.12. The molecule has 0 aliphatic carbocycles. The molecule has 0 bridgehead atoms. The molecule has 4 nitrogen and oxygen atoms in total. The molecule has 0 amide bonds. The standard InChI is InChI=1S/C9H13NO3/c1-7(12)6-13-9-3-2-8(5-11)10-4-9/h2-4,7,11-12H,5-6H2,1H3. The van der Waals surface area contributed by atoms with Gasteiger partial charge in [0.05, 0.1) is 24.6 Å². The summed E-state index contributed by atoms with van der Waals surface area (Å²) in [5.41, 5.74) is 0.601. The van der Waals surface area contributed by atoms with Crippen LogP contribution in [0, 0.1) is 0 Å². The van der Waals surface area contributed by atoms with E-state index >= 15 is 0 Å². The highest BCUT2D eigenvalue weighted by Gasteiger charge is 1.98. The fourth-order valence-electron chi connectivity index (χ4n) is 0.807. The predicted octanol–water partition coefficient (Wildman–Crippen LogP) is 0.334. The Labute approximate surface area is 76.8 Å². The van der Waals surface area contributed by atoms with Crippen molar-refractivity contribution in [2.24, 2.45) is 0 Å². The zero-order chi connectivity index (χ0) is 9.68. The number of aliphatic hydroxyl groups is 2. The van der Waals surface area contributed by atoms with E-state index in [0.717, 1.165) is 0 Å². The van der Waals surface area contributed by atoms with E-state index in [9.17, 15) is 0 Å². The minimum absolute atomic E-state index is 0.0727. The summed E-state index contributed by atoms with van der Waals surface area (Å²) in [7, 11) is 0. The molecule has 0 aliphatic rings. The predicted molar refractivity (Wildman–Crippen MR) is 47.3 cm³/mol. The molecular weight excluding hydrogens is 170 g/mol. The van der Waals surface area contributed by atoms with Crippen LogP contribution in [0.25, 0.3) is 0 Å². The van der Waals surface area contributed by atoms with E-state index in [0.29, 0.717) is 11.4 Å². The summed E-state index contributed by atoms with van der Waals surface area (Å²) >= 11 is 0. The van der Waals surface area contributed by atoms with Crippen LogP contribution in [0.5, 0.6) is 5.75 Å². The van der Waals surface area contributed by atoms with Gasteiger partial charge in [0.25, 0.3) is 0 Å². The fourth-order valence-corrected chi connectivity index (χ4v) is 0.807. The smallest absolute Gasteiger partial charge is 0.137 e. The lowest BCUT2D eigenvalue weighted by Gasteiger charge is -2.07. The molecule has 1 aromatic heterocycles. The number of nitrogens with zero attached hydrogens (tertiary/aromatic N) is 1. The normalized spacial score (nSPS) is 12.5. The van der Waals surface area contributed by atoms with Gasteiger partial charge in [-0.2, -0.15) is 0 Å². The SMILES string of the molecule is CC(O)COc1ccc(CO)nc1. The van der Waals surface area contributed by atoms with Gasteiger partial charge in [0.15, 0.2) is 0 Å². The molecule has 0 spiro atoms. The maximum atomic E-state index is 8.93. The highest BCUT2D eigenvalue weighted by molar-refractivity contribution is 5.19. The highest BCUT2D eigenvalue weighted by atomic mass is 16.5. The van der Waals surface area contributed by atoms with Gasteiger partial charge in [-0.05, 0) is 19.1 Å². The number of ether oxygens (including phenoxy) is 1. The molecule has 13 heavy (non-hydrogen) atoms. The van der Waals surface area contributed by atoms with Gasteiger partial charge in [-0.25, -0.2) is 0 Å². The Morgan fingerprint density at radius 3 is 2.77 bits per heavy atom. The van der Waals surface area contributed by atoms with Gasteiger partial charge in [0.1, 0.15) is 12.4 Å². The first-order chi connectivity index (χ1) is 6.22. The number of pyridine rings is 1. The van der Waals surface area contributed by atoms with E-state index in [1.54, 1.807) is 19.1 Å². The maximum absolute atomic E-state index is 8.93. The Morgan fingerprint density at radius 2 is 2.31 bits per heavy atom. The number of hydrogen-bond acceptors (Lipinski definition) is 4. The molecule has 4 heteroatoms. The van der Waals surface area contributed by atoms with Crippen LogP contribution in [0.4, 0.5) is 0 Å². The van der Waals surface area contributed by atoms with Crippen LogP contribution in [-0.4, -0.2) is 27.9 Å². The van der Waals surface area contributed by atoms with Gasteiger partial charge in [-0.15, -0.1) is 0 Å². The van der Waals surface area contributed by atoms with Crippen LogP contribution in [-0.2, 0) is 6.61 Å². The van der Waals surface area contributed by atoms with Crippen LogP contribution in [0.2, 0.25) is 0 Å². The molecular formula is C9H13NO3. The summed E-state index contributed by atoms with van der Waals surface area (Å²) in [5, 5.41) is 17.6. The van der Waals surface area contributed by atoms with Gasteiger partial charge < -0.3 is 14.9 Å². The Kier molecular flexibility index (Phi) is 3.67. The van der Waals surface area contributed by atoms with Gasteiger partial charge in [0.2, 0.25) is 0 Å². The minimum Gasteiger partial charge on any atom is -0.489 e. The van der Waals surface area contributed by atoms with E-state index < -0.39 is 6.10 Å². The van der Waals surface area contributed by atoms with Crippen molar-refractivity contribution in [3.8, 4) is 5.75 Å². The monoisotopic (exact) mass is 183 g/mol. The van der Waals surface area contributed by atoms with E-state index in [4.69, 9.17) is 14.9 Å². The first-order valence-electron chi connectivity index (χ1n) is 4.09. The van der Waals surface area contributed by atoms with Crippen molar-refractivity contribution in [2.75, 3.05) is 6.61 Å². The topological polar surface area (TPSA) is 62.6 Å². The third kappa shape index (κ3) is 3.40. The van der Waals surface area contributed by atoms with E-state index in [2.05, 4.69) is 4.98 Å². The summed E-state index contributed by atoms with van der Waals surface area (Å²) in [4.78, 5) is 3.92. The van der Waals surface area contributed by atoms with E-state index in [1.165, 1.54) is 6.20 Å². The molecule has 0 saturated heterocycles. The van der Waals surface area contributed by atoms with Crippen LogP contribution >= 0.6 is 0 Å². The zero-order valence-corrected chi connectivity index (χ0v) is 7.47. The Bertz CT molecular complexity index is 246. The van der Waals surface area contributed by atoms with Crippen molar-refractivity contribution in [3.05, 3.63) is 24.0 Å². The van der Waals surface area contributed by atoms with Crippen LogP contribution in [0.1, 0.15) is 12.6 Å². The first-order valence-corrected chi connectivity index (χ1v) is 4.09. The fraction of sp³-hybridized carbons (Fsp3) is 0.444. The van der Waals surface area contributed by atoms with Gasteiger partial charge in [-0.3, -0.25) is 4.98 Å². The lowest BCUT2D eigenvalue weighted by molar-refractivity contribution is 0.122. The van der Waals surface area contributed by atoms with E-state index in [1.807, 2.05) is 0 Å². The molecule has 1 unspecified atom stereocenters. The van der Waals surface area contributed by atoms with Crippen molar-refractivity contribution in [1.82, 2.24) is 4.98 Å². The highest BCUT2D eigenvalue weighted by Crippen LogP contribution is 2.09. The Balaban J connectivity index is 2.49.